The smallest absolute Gasteiger partial charge is 0.125 e. The van der Waals surface area contributed by atoms with Crippen molar-refractivity contribution in [2.24, 2.45) is 0 Å². The molecule has 1 heterocycles. The van der Waals surface area contributed by atoms with E-state index in [0.717, 1.165) is 24.3 Å². The number of ether oxygens (including phenoxy) is 2. The van der Waals surface area contributed by atoms with Gasteiger partial charge < -0.3 is 14.8 Å². The second-order valence-corrected chi connectivity index (χ2v) is 4.54. The SMILES string of the molecule is COc1cc(C2CCCCN2)c(OC)cc1CF. The second-order valence-electron chi connectivity index (χ2n) is 4.54. The number of hydrogen-bond acceptors (Lipinski definition) is 3. The van der Waals surface area contributed by atoms with Crippen molar-refractivity contribution in [2.75, 3.05) is 20.8 Å². The van der Waals surface area contributed by atoms with E-state index in [2.05, 4.69) is 5.32 Å². The molecule has 0 saturated carbocycles. The minimum atomic E-state index is -0.544. The Hall–Kier alpha value is -1.29. The molecule has 1 N–H and O–H groups in total. The highest BCUT2D eigenvalue weighted by atomic mass is 19.1. The zero-order chi connectivity index (χ0) is 13.0. The van der Waals surface area contributed by atoms with Gasteiger partial charge in [-0.1, -0.05) is 6.42 Å². The van der Waals surface area contributed by atoms with Gasteiger partial charge in [-0.25, -0.2) is 4.39 Å². The fraction of sp³-hybridized carbons (Fsp3) is 0.571. The fourth-order valence-corrected chi connectivity index (χ4v) is 2.48. The second kappa shape index (κ2) is 6.05. The van der Waals surface area contributed by atoms with Crippen LogP contribution in [0.15, 0.2) is 12.1 Å². The molecule has 100 valence electrons. The van der Waals surface area contributed by atoms with Gasteiger partial charge in [0, 0.05) is 17.2 Å². The summed E-state index contributed by atoms with van der Waals surface area (Å²) in [5, 5.41) is 3.47. The summed E-state index contributed by atoms with van der Waals surface area (Å²) in [6.45, 7) is 0.471. The van der Waals surface area contributed by atoms with Crippen molar-refractivity contribution in [3.05, 3.63) is 23.3 Å². The van der Waals surface area contributed by atoms with E-state index in [1.807, 2.05) is 6.07 Å². The Labute approximate surface area is 107 Å². The van der Waals surface area contributed by atoms with Crippen molar-refractivity contribution in [1.82, 2.24) is 5.32 Å². The van der Waals surface area contributed by atoms with Gasteiger partial charge in [0.25, 0.3) is 0 Å². The van der Waals surface area contributed by atoms with Crippen molar-refractivity contribution >= 4 is 0 Å². The van der Waals surface area contributed by atoms with Crippen molar-refractivity contribution < 1.29 is 13.9 Å². The van der Waals surface area contributed by atoms with Gasteiger partial charge in [-0.05, 0) is 31.5 Å². The van der Waals surface area contributed by atoms with E-state index >= 15 is 0 Å². The molecule has 1 aliphatic heterocycles. The summed E-state index contributed by atoms with van der Waals surface area (Å²) in [5.74, 6) is 1.34. The summed E-state index contributed by atoms with van der Waals surface area (Å²) < 4.78 is 23.5. The zero-order valence-electron chi connectivity index (χ0n) is 11.0. The number of nitrogens with one attached hydrogen (secondary N) is 1. The highest BCUT2D eigenvalue weighted by Crippen LogP contribution is 2.36. The van der Waals surface area contributed by atoms with Gasteiger partial charge in [0.05, 0.1) is 14.2 Å². The van der Waals surface area contributed by atoms with Gasteiger partial charge in [-0.2, -0.15) is 0 Å². The normalized spacial score (nSPS) is 19.6. The van der Waals surface area contributed by atoms with Gasteiger partial charge in [-0.3, -0.25) is 0 Å². The molecule has 4 heteroatoms. The lowest BCUT2D eigenvalue weighted by atomic mass is 9.95. The van der Waals surface area contributed by atoms with E-state index in [9.17, 15) is 4.39 Å². The lowest BCUT2D eigenvalue weighted by molar-refractivity contribution is 0.361. The Morgan fingerprint density at radius 1 is 1.22 bits per heavy atom. The lowest BCUT2D eigenvalue weighted by Gasteiger charge is -2.26. The quantitative estimate of drug-likeness (QED) is 0.894. The molecule has 0 bridgehead atoms. The molecule has 0 aromatic heterocycles. The summed E-state index contributed by atoms with van der Waals surface area (Å²) in [7, 11) is 3.19. The van der Waals surface area contributed by atoms with Crippen LogP contribution >= 0.6 is 0 Å². The first-order valence-electron chi connectivity index (χ1n) is 6.34. The lowest BCUT2D eigenvalue weighted by Crippen LogP contribution is -2.27. The molecule has 18 heavy (non-hydrogen) atoms. The summed E-state index contributed by atoms with van der Waals surface area (Å²) >= 11 is 0. The van der Waals surface area contributed by atoms with Crippen LogP contribution in [0.25, 0.3) is 0 Å². The largest absolute Gasteiger partial charge is 0.496 e. The maximum atomic E-state index is 12.9. The number of piperidine rings is 1. The maximum Gasteiger partial charge on any atom is 0.125 e. The molecule has 1 saturated heterocycles. The van der Waals surface area contributed by atoms with Gasteiger partial charge in [0.15, 0.2) is 0 Å². The van der Waals surface area contributed by atoms with E-state index < -0.39 is 6.67 Å². The summed E-state index contributed by atoms with van der Waals surface area (Å²) in [6.07, 6.45) is 3.49. The average molecular weight is 253 g/mol. The first-order chi connectivity index (χ1) is 8.80. The number of alkyl halides is 1. The molecule has 0 spiro atoms. The molecule has 3 nitrogen and oxygen atoms in total. The molecule has 1 fully saturated rings. The molecule has 0 radical (unpaired) electrons. The maximum absolute atomic E-state index is 12.9. The Bertz CT molecular complexity index is 403. The first kappa shape index (κ1) is 13.1. The van der Waals surface area contributed by atoms with Crippen molar-refractivity contribution in [2.45, 2.75) is 32.0 Å². The first-order valence-corrected chi connectivity index (χ1v) is 6.34. The Morgan fingerprint density at radius 2 is 2.00 bits per heavy atom. The van der Waals surface area contributed by atoms with Gasteiger partial charge in [0.2, 0.25) is 0 Å². The molecule has 1 atom stereocenters. The molecule has 0 amide bonds. The van der Waals surface area contributed by atoms with Crippen LogP contribution in [0.4, 0.5) is 4.39 Å². The molecular weight excluding hydrogens is 233 g/mol. The topological polar surface area (TPSA) is 30.5 Å². The van der Waals surface area contributed by atoms with E-state index in [1.165, 1.54) is 12.8 Å². The molecule has 1 aliphatic rings. The summed E-state index contributed by atoms with van der Waals surface area (Å²) in [4.78, 5) is 0. The summed E-state index contributed by atoms with van der Waals surface area (Å²) in [6, 6.07) is 3.91. The Morgan fingerprint density at radius 3 is 2.56 bits per heavy atom. The summed E-state index contributed by atoms with van der Waals surface area (Å²) in [5.41, 5.74) is 1.60. The third kappa shape index (κ3) is 2.58. The van der Waals surface area contributed by atoms with Gasteiger partial charge in [-0.15, -0.1) is 0 Å². The van der Waals surface area contributed by atoms with E-state index in [-0.39, 0.29) is 6.04 Å². The van der Waals surface area contributed by atoms with Crippen LogP contribution in [0.3, 0.4) is 0 Å². The molecular formula is C14H20FNO2. The van der Waals surface area contributed by atoms with Crippen LogP contribution < -0.4 is 14.8 Å². The predicted molar refractivity (Wildman–Crippen MR) is 69.0 cm³/mol. The molecule has 0 aliphatic carbocycles. The Kier molecular flexibility index (Phi) is 4.42. The monoisotopic (exact) mass is 253 g/mol. The predicted octanol–water partition coefficient (Wildman–Crippen LogP) is 2.99. The third-order valence-corrected chi connectivity index (χ3v) is 3.46. The molecule has 2 rings (SSSR count). The van der Waals surface area contributed by atoms with Crippen LogP contribution in [0.1, 0.15) is 36.4 Å². The van der Waals surface area contributed by atoms with Crippen LogP contribution in [0.5, 0.6) is 11.5 Å². The Balaban J connectivity index is 2.37. The number of rotatable bonds is 4. The minimum absolute atomic E-state index is 0.274. The van der Waals surface area contributed by atoms with Crippen LogP contribution in [0, 0.1) is 0 Å². The van der Waals surface area contributed by atoms with Gasteiger partial charge >= 0.3 is 0 Å². The van der Waals surface area contributed by atoms with E-state index in [1.54, 1.807) is 20.3 Å². The van der Waals surface area contributed by atoms with E-state index in [4.69, 9.17) is 9.47 Å². The number of methoxy groups -OCH3 is 2. The average Bonchev–Trinajstić information content (AvgIpc) is 2.46. The van der Waals surface area contributed by atoms with Gasteiger partial charge in [0.1, 0.15) is 18.2 Å². The highest BCUT2D eigenvalue weighted by molar-refractivity contribution is 5.47. The fourth-order valence-electron chi connectivity index (χ4n) is 2.48. The van der Waals surface area contributed by atoms with Crippen LogP contribution in [-0.2, 0) is 6.67 Å². The standard InChI is InChI=1S/C14H20FNO2/c1-17-13-8-11(12-5-3-4-6-16-12)14(18-2)7-10(13)9-15/h7-8,12,16H,3-6,9H2,1-2H3. The molecule has 1 aromatic carbocycles. The van der Waals surface area contributed by atoms with Crippen molar-refractivity contribution in [1.29, 1.82) is 0 Å². The van der Waals surface area contributed by atoms with Crippen LogP contribution in [-0.4, -0.2) is 20.8 Å². The highest BCUT2D eigenvalue weighted by Gasteiger charge is 2.21. The third-order valence-electron chi connectivity index (χ3n) is 3.46. The number of benzene rings is 1. The number of halogens is 1. The van der Waals surface area contributed by atoms with Crippen LogP contribution in [0.2, 0.25) is 0 Å². The van der Waals surface area contributed by atoms with Crippen molar-refractivity contribution in [3.8, 4) is 11.5 Å². The molecule has 1 unspecified atom stereocenters. The minimum Gasteiger partial charge on any atom is -0.496 e. The van der Waals surface area contributed by atoms with Crippen molar-refractivity contribution in [3.63, 3.8) is 0 Å². The zero-order valence-corrected chi connectivity index (χ0v) is 11.0. The van der Waals surface area contributed by atoms with E-state index in [0.29, 0.717) is 11.3 Å². The number of hydrogen-bond donors (Lipinski definition) is 1. The molecule has 1 aromatic rings.